The summed E-state index contributed by atoms with van der Waals surface area (Å²) >= 11 is 0. The van der Waals surface area contributed by atoms with E-state index in [9.17, 15) is 4.39 Å². The van der Waals surface area contributed by atoms with Crippen LogP contribution in [0.5, 0.6) is 0 Å². The van der Waals surface area contributed by atoms with Crippen LogP contribution < -0.4 is 0 Å². The quantitative estimate of drug-likeness (QED) is 0.681. The minimum atomic E-state index is -0.314. The minimum absolute atomic E-state index is 0.314. The van der Waals surface area contributed by atoms with Crippen molar-refractivity contribution in [1.82, 2.24) is 4.57 Å². The Bertz CT molecular complexity index is 781. The molecule has 0 saturated carbocycles. The summed E-state index contributed by atoms with van der Waals surface area (Å²) in [5, 5.41) is 10.2. The fourth-order valence-electron chi connectivity index (χ4n) is 2.26. The van der Waals surface area contributed by atoms with Gasteiger partial charge in [0.05, 0.1) is 11.6 Å². The van der Waals surface area contributed by atoms with Crippen LogP contribution in [0.1, 0.15) is 11.1 Å². The van der Waals surface area contributed by atoms with E-state index in [0.29, 0.717) is 17.7 Å². The molecule has 92 valence electrons. The Morgan fingerprint density at radius 1 is 1.11 bits per heavy atom. The van der Waals surface area contributed by atoms with E-state index in [4.69, 9.17) is 5.26 Å². The Labute approximate surface area is 110 Å². The molecule has 0 fully saturated rings. The zero-order chi connectivity index (χ0) is 13.2. The van der Waals surface area contributed by atoms with E-state index in [1.165, 1.54) is 18.2 Å². The fourth-order valence-corrected chi connectivity index (χ4v) is 2.26. The molecular formula is C16H11FN2. The van der Waals surface area contributed by atoms with Crippen LogP contribution in [0.4, 0.5) is 4.39 Å². The van der Waals surface area contributed by atoms with Gasteiger partial charge in [0.2, 0.25) is 0 Å². The summed E-state index contributed by atoms with van der Waals surface area (Å²) in [6.07, 6.45) is 1.96. The second kappa shape index (κ2) is 4.58. The first kappa shape index (κ1) is 11.5. The molecule has 0 radical (unpaired) electrons. The van der Waals surface area contributed by atoms with E-state index in [1.54, 1.807) is 0 Å². The lowest BCUT2D eigenvalue weighted by molar-refractivity contribution is 0.623. The van der Waals surface area contributed by atoms with Crippen molar-refractivity contribution in [3.63, 3.8) is 0 Å². The van der Waals surface area contributed by atoms with Crippen molar-refractivity contribution in [2.24, 2.45) is 0 Å². The second-order valence-corrected chi connectivity index (χ2v) is 4.42. The highest BCUT2D eigenvalue weighted by molar-refractivity contribution is 5.80. The zero-order valence-electron chi connectivity index (χ0n) is 10.2. The molecule has 3 aromatic rings. The largest absolute Gasteiger partial charge is 0.343 e. The van der Waals surface area contributed by atoms with Gasteiger partial charge in [0.15, 0.2) is 0 Å². The predicted molar refractivity (Wildman–Crippen MR) is 72.2 cm³/mol. The predicted octanol–water partition coefficient (Wildman–Crippen LogP) is 3.70. The Balaban J connectivity index is 2.06. The number of rotatable bonds is 2. The molecule has 1 heterocycles. The van der Waals surface area contributed by atoms with Gasteiger partial charge in [-0.1, -0.05) is 18.2 Å². The van der Waals surface area contributed by atoms with E-state index in [1.807, 2.05) is 41.1 Å². The molecule has 0 bridgehead atoms. The van der Waals surface area contributed by atoms with Crippen LogP contribution in [-0.4, -0.2) is 4.57 Å². The Hall–Kier alpha value is -2.60. The first-order valence-corrected chi connectivity index (χ1v) is 6.00. The summed E-state index contributed by atoms with van der Waals surface area (Å²) in [5.41, 5.74) is 2.29. The molecular weight excluding hydrogens is 239 g/mol. The lowest BCUT2D eigenvalue weighted by Crippen LogP contribution is -2.01. The number of benzene rings is 2. The van der Waals surface area contributed by atoms with Crippen LogP contribution in [-0.2, 0) is 6.54 Å². The summed E-state index contributed by atoms with van der Waals surface area (Å²) in [6.45, 7) is 0.494. The van der Waals surface area contributed by atoms with E-state index >= 15 is 0 Å². The van der Waals surface area contributed by atoms with Gasteiger partial charge in [-0.3, -0.25) is 0 Å². The van der Waals surface area contributed by atoms with Gasteiger partial charge in [-0.25, -0.2) is 4.39 Å². The SMILES string of the molecule is N#Cc1ccc(F)cc1Cn1ccc2ccccc21. The summed E-state index contributed by atoms with van der Waals surface area (Å²) in [7, 11) is 0. The van der Waals surface area contributed by atoms with Crippen LogP contribution in [0.2, 0.25) is 0 Å². The molecule has 0 aliphatic carbocycles. The number of aromatic nitrogens is 1. The summed E-state index contributed by atoms with van der Waals surface area (Å²) in [6, 6.07) is 16.4. The number of para-hydroxylation sites is 1. The average molecular weight is 250 g/mol. The van der Waals surface area contributed by atoms with E-state index in [2.05, 4.69) is 6.07 Å². The lowest BCUT2D eigenvalue weighted by Gasteiger charge is -2.07. The van der Waals surface area contributed by atoms with Gasteiger partial charge in [0.1, 0.15) is 5.82 Å². The smallest absolute Gasteiger partial charge is 0.123 e. The van der Waals surface area contributed by atoms with Crippen molar-refractivity contribution >= 4 is 10.9 Å². The maximum Gasteiger partial charge on any atom is 0.123 e. The molecule has 1 aromatic heterocycles. The third-order valence-corrected chi connectivity index (χ3v) is 3.21. The summed E-state index contributed by atoms with van der Waals surface area (Å²) < 4.78 is 15.3. The van der Waals surface area contributed by atoms with E-state index in [-0.39, 0.29) is 5.82 Å². The molecule has 0 aliphatic rings. The molecule has 0 saturated heterocycles. The normalized spacial score (nSPS) is 10.5. The fraction of sp³-hybridized carbons (Fsp3) is 0.0625. The van der Waals surface area contributed by atoms with Gasteiger partial charge in [-0.15, -0.1) is 0 Å². The summed E-state index contributed by atoms with van der Waals surface area (Å²) in [5.74, 6) is -0.314. The maximum atomic E-state index is 13.3. The number of halogens is 1. The summed E-state index contributed by atoms with van der Waals surface area (Å²) in [4.78, 5) is 0. The van der Waals surface area contributed by atoms with E-state index in [0.717, 1.165) is 10.9 Å². The van der Waals surface area contributed by atoms with Gasteiger partial charge in [0, 0.05) is 18.3 Å². The molecule has 19 heavy (non-hydrogen) atoms. The molecule has 0 atom stereocenters. The van der Waals surface area contributed by atoms with Gasteiger partial charge in [-0.05, 0) is 41.3 Å². The number of hydrogen-bond acceptors (Lipinski definition) is 1. The third-order valence-electron chi connectivity index (χ3n) is 3.21. The molecule has 2 aromatic carbocycles. The molecule has 0 spiro atoms. The highest BCUT2D eigenvalue weighted by atomic mass is 19.1. The van der Waals surface area contributed by atoms with Gasteiger partial charge < -0.3 is 4.57 Å². The van der Waals surface area contributed by atoms with Crippen molar-refractivity contribution in [1.29, 1.82) is 5.26 Å². The standard InChI is InChI=1S/C16H11FN2/c17-15-6-5-13(10-18)14(9-15)11-19-8-7-12-3-1-2-4-16(12)19/h1-9H,11H2. The number of nitrogens with zero attached hydrogens (tertiary/aromatic N) is 2. The van der Waals surface area contributed by atoms with Crippen molar-refractivity contribution in [2.45, 2.75) is 6.54 Å². The van der Waals surface area contributed by atoms with Crippen molar-refractivity contribution in [2.75, 3.05) is 0 Å². The van der Waals surface area contributed by atoms with Crippen LogP contribution in [0.3, 0.4) is 0 Å². The van der Waals surface area contributed by atoms with Crippen molar-refractivity contribution in [3.8, 4) is 6.07 Å². The highest BCUT2D eigenvalue weighted by Gasteiger charge is 2.06. The molecule has 3 heteroatoms. The Morgan fingerprint density at radius 2 is 1.95 bits per heavy atom. The van der Waals surface area contributed by atoms with Gasteiger partial charge in [-0.2, -0.15) is 5.26 Å². The van der Waals surface area contributed by atoms with Crippen LogP contribution in [0.25, 0.3) is 10.9 Å². The first-order chi connectivity index (χ1) is 9.28. The number of nitriles is 1. The monoisotopic (exact) mass is 250 g/mol. The second-order valence-electron chi connectivity index (χ2n) is 4.42. The molecule has 0 N–H and O–H groups in total. The molecule has 0 amide bonds. The lowest BCUT2D eigenvalue weighted by atomic mass is 10.1. The average Bonchev–Trinajstić information content (AvgIpc) is 2.83. The van der Waals surface area contributed by atoms with Crippen LogP contribution in [0, 0.1) is 17.1 Å². The molecule has 2 nitrogen and oxygen atoms in total. The third kappa shape index (κ3) is 2.09. The highest BCUT2D eigenvalue weighted by Crippen LogP contribution is 2.18. The van der Waals surface area contributed by atoms with Gasteiger partial charge in [0.25, 0.3) is 0 Å². The number of fused-ring (bicyclic) bond motifs is 1. The molecule has 0 aliphatic heterocycles. The molecule has 3 rings (SSSR count). The van der Waals surface area contributed by atoms with Crippen molar-refractivity contribution < 1.29 is 4.39 Å². The Kier molecular flexibility index (Phi) is 2.77. The zero-order valence-corrected chi connectivity index (χ0v) is 10.2. The number of hydrogen-bond donors (Lipinski definition) is 0. The van der Waals surface area contributed by atoms with Crippen LogP contribution >= 0.6 is 0 Å². The van der Waals surface area contributed by atoms with E-state index < -0.39 is 0 Å². The van der Waals surface area contributed by atoms with Crippen LogP contribution in [0.15, 0.2) is 54.7 Å². The minimum Gasteiger partial charge on any atom is -0.343 e. The van der Waals surface area contributed by atoms with Gasteiger partial charge >= 0.3 is 0 Å². The van der Waals surface area contributed by atoms with Crippen molar-refractivity contribution in [3.05, 3.63) is 71.7 Å². The first-order valence-electron chi connectivity index (χ1n) is 6.00. The maximum absolute atomic E-state index is 13.3. The Morgan fingerprint density at radius 3 is 2.79 bits per heavy atom. The molecule has 0 unspecified atom stereocenters. The topological polar surface area (TPSA) is 28.7 Å².